The van der Waals surface area contributed by atoms with Crippen LogP contribution in [0.3, 0.4) is 0 Å². The first-order chi connectivity index (χ1) is 10.5. The lowest BCUT2D eigenvalue weighted by Crippen LogP contribution is -2.31. The van der Waals surface area contributed by atoms with Gasteiger partial charge in [0.2, 0.25) is 5.91 Å². The van der Waals surface area contributed by atoms with Gasteiger partial charge in [-0.3, -0.25) is 14.7 Å². The van der Waals surface area contributed by atoms with Gasteiger partial charge >= 0.3 is 0 Å². The topological polar surface area (TPSA) is 71.2 Å². The van der Waals surface area contributed by atoms with Crippen molar-refractivity contribution in [2.24, 2.45) is 0 Å². The normalized spacial score (nSPS) is 10.7. The minimum Gasteiger partial charge on any atom is -0.399 e. The van der Waals surface area contributed by atoms with E-state index in [0.29, 0.717) is 22.9 Å². The molecular weight excluding hydrogens is 300 g/mol. The van der Waals surface area contributed by atoms with Crippen LogP contribution < -0.4 is 11.1 Å². The number of anilines is 2. The SMILES string of the molecule is CN(CCc1ccncc1)CC(=O)Nc1ccc(N)cc1Cl. The number of halogens is 1. The van der Waals surface area contributed by atoms with E-state index in [1.807, 2.05) is 24.1 Å². The van der Waals surface area contributed by atoms with Crippen molar-refractivity contribution in [2.75, 3.05) is 31.2 Å². The minimum atomic E-state index is -0.108. The monoisotopic (exact) mass is 318 g/mol. The molecule has 2 rings (SSSR count). The highest BCUT2D eigenvalue weighted by Crippen LogP contribution is 2.23. The van der Waals surface area contributed by atoms with E-state index in [-0.39, 0.29) is 5.91 Å². The number of nitrogens with two attached hydrogens (primary N) is 1. The zero-order valence-electron chi connectivity index (χ0n) is 12.4. The Labute approximate surface area is 135 Å². The van der Waals surface area contributed by atoms with Gasteiger partial charge in [-0.15, -0.1) is 0 Å². The van der Waals surface area contributed by atoms with Gasteiger partial charge in [-0.1, -0.05) is 11.6 Å². The van der Waals surface area contributed by atoms with E-state index in [1.54, 1.807) is 30.6 Å². The average Bonchev–Trinajstić information content (AvgIpc) is 2.49. The van der Waals surface area contributed by atoms with Crippen LogP contribution in [0.25, 0.3) is 0 Å². The summed E-state index contributed by atoms with van der Waals surface area (Å²) in [7, 11) is 1.91. The van der Waals surface area contributed by atoms with Crippen molar-refractivity contribution >= 4 is 28.9 Å². The number of amides is 1. The highest BCUT2D eigenvalue weighted by molar-refractivity contribution is 6.34. The van der Waals surface area contributed by atoms with Gasteiger partial charge in [-0.2, -0.15) is 0 Å². The first-order valence-electron chi connectivity index (χ1n) is 6.97. The molecule has 0 atom stereocenters. The Morgan fingerprint density at radius 3 is 2.73 bits per heavy atom. The number of aromatic nitrogens is 1. The number of carbonyl (C=O) groups excluding carboxylic acids is 1. The fraction of sp³-hybridized carbons (Fsp3) is 0.250. The molecule has 0 spiro atoms. The number of nitrogens with zero attached hydrogens (tertiary/aromatic N) is 2. The van der Waals surface area contributed by atoms with Crippen LogP contribution in [0.15, 0.2) is 42.7 Å². The molecule has 22 heavy (non-hydrogen) atoms. The van der Waals surface area contributed by atoms with Gasteiger partial charge in [0.1, 0.15) is 0 Å². The molecule has 3 N–H and O–H groups in total. The van der Waals surface area contributed by atoms with Crippen LogP contribution in [-0.4, -0.2) is 35.9 Å². The Kier molecular flexibility index (Phi) is 5.75. The molecule has 2 aromatic rings. The minimum absolute atomic E-state index is 0.108. The van der Waals surface area contributed by atoms with Crippen molar-refractivity contribution in [3.05, 3.63) is 53.3 Å². The van der Waals surface area contributed by atoms with Crippen LogP contribution in [-0.2, 0) is 11.2 Å². The van der Waals surface area contributed by atoms with Gasteiger partial charge in [0.05, 0.1) is 17.3 Å². The van der Waals surface area contributed by atoms with Crippen LogP contribution in [0.5, 0.6) is 0 Å². The second-order valence-corrected chi connectivity index (χ2v) is 5.54. The van der Waals surface area contributed by atoms with Crippen molar-refractivity contribution in [3.63, 3.8) is 0 Å². The summed E-state index contributed by atoms with van der Waals surface area (Å²) in [5, 5.41) is 3.23. The van der Waals surface area contributed by atoms with Crippen LogP contribution >= 0.6 is 11.6 Å². The second kappa shape index (κ2) is 7.77. The summed E-state index contributed by atoms with van der Waals surface area (Å²) in [5.41, 5.74) is 7.96. The number of nitrogens with one attached hydrogen (secondary N) is 1. The van der Waals surface area contributed by atoms with Crippen molar-refractivity contribution in [2.45, 2.75) is 6.42 Å². The predicted molar refractivity (Wildman–Crippen MR) is 89.9 cm³/mol. The molecule has 0 fully saturated rings. The molecule has 6 heteroatoms. The lowest BCUT2D eigenvalue weighted by atomic mass is 10.2. The van der Waals surface area contributed by atoms with E-state index in [2.05, 4.69) is 10.3 Å². The maximum absolute atomic E-state index is 12.0. The Hall–Kier alpha value is -2.11. The van der Waals surface area contributed by atoms with Crippen molar-refractivity contribution in [1.82, 2.24) is 9.88 Å². The number of benzene rings is 1. The number of carbonyl (C=O) groups is 1. The molecule has 0 unspecified atom stereocenters. The van der Waals surface area contributed by atoms with E-state index in [1.165, 1.54) is 5.56 Å². The summed E-state index contributed by atoms with van der Waals surface area (Å²) >= 11 is 6.04. The highest BCUT2D eigenvalue weighted by atomic mass is 35.5. The van der Waals surface area contributed by atoms with Crippen LogP contribution in [0.1, 0.15) is 5.56 Å². The van der Waals surface area contributed by atoms with E-state index in [4.69, 9.17) is 17.3 Å². The fourth-order valence-corrected chi connectivity index (χ4v) is 2.25. The zero-order valence-corrected chi connectivity index (χ0v) is 13.2. The maximum atomic E-state index is 12.0. The van der Waals surface area contributed by atoms with E-state index in [0.717, 1.165) is 13.0 Å². The molecule has 0 aliphatic heterocycles. The molecule has 5 nitrogen and oxygen atoms in total. The van der Waals surface area contributed by atoms with Crippen LogP contribution in [0, 0.1) is 0 Å². The van der Waals surface area contributed by atoms with Gasteiger partial charge < -0.3 is 11.1 Å². The number of pyridine rings is 1. The smallest absolute Gasteiger partial charge is 0.238 e. The summed E-state index contributed by atoms with van der Waals surface area (Å²) in [6.07, 6.45) is 4.41. The lowest BCUT2D eigenvalue weighted by Gasteiger charge is -2.16. The molecule has 0 bridgehead atoms. The molecule has 1 heterocycles. The first-order valence-corrected chi connectivity index (χ1v) is 7.34. The Bertz CT molecular complexity index is 633. The molecule has 116 valence electrons. The molecule has 0 radical (unpaired) electrons. The molecule has 0 saturated carbocycles. The molecule has 1 aromatic carbocycles. The molecule has 0 aliphatic carbocycles. The Morgan fingerprint density at radius 1 is 1.32 bits per heavy atom. The Morgan fingerprint density at radius 2 is 2.05 bits per heavy atom. The quantitative estimate of drug-likeness (QED) is 0.802. The standard InChI is InChI=1S/C16H19ClN4O/c1-21(9-6-12-4-7-19-8-5-12)11-16(22)20-15-3-2-13(18)10-14(15)17/h2-5,7-8,10H,6,9,11,18H2,1H3,(H,20,22). The fourth-order valence-electron chi connectivity index (χ4n) is 2.02. The van der Waals surface area contributed by atoms with E-state index in [9.17, 15) is 4.79 Å². The van der Waals surface area contributed by atoms with E-state index < -0.39 is 0 Å². The van der Waals surface area contributed by atoms with Gasteiger partial charge in [-0.25, -0.2) is 0 Å². The third-order valence-corrected chi connectivity index (χ3v) is 3.53. The summed E-state index contributed by atoms with van der Waals surface area (Å²) in [6, 6.07) is 8.97. The molecular formula is C16H19ClN4O. The van der Waals surface area contributed by atoms with Crippen molar-refractivity contribution in [1.29, 1.82) is 0 Å². The highest BCUT2D eigenvalue weighted by Gasteiger charge is 2.09. The molecule has 0 aliphatic rings. The maximum Gasteiger partial charge on any atom is 0.238 e. The number of likely N-dealkylation sites (N-methyl/N-ethyl adjacent to an activating group) is 1. The summed E-state index contributed by atoms with van der Waals surface area (Å²) in [5.74, 6) is -0.108. The van der Waals surface area contributed by atoms with Gasteiger partial charge in [0.25, 0.3) is 0 Å². The van der Waals surface area contributed by atoms with Gasteiger partial charge in [0, 0.05) is 24.6 Å². The third kappa shape index (κ3) is 5.02. The summed E-state index contributed by atoms with van der Waals surface area (Å²) in [4.78, 5) is 18.0. The lowest BCUT2D eigenvalue weighted by molar-refractivity contribution is -0.117. The van der Waals surface area contributed by atoms with Gasteiger partial charge in [0.15, 0.2) is 0 Å². The Balaban J connectivity index is 1.81. The van der Waals surface area contributed by atoms with Crippen LogP contribution in [0.2, 0.25) is 5.02 Å². The molecule has 1 amide bonds. The number of hydrogen-bond donors (Lipinski definition) is 2. The zero-order chi connectivity index (χ0) is 15.9. The van der Waals surface area contributed by atoms with Gasteiger partial charge in [-0.05, 0) is 49.4 Å². The summed E-state index contributed by atoms with van der Waals surface area (Å²) in [6.45, 7) is 1.08. The molecule has 0 saturated heterocycles. The molecule has 1 aromatic heterocycles. The largest absolute Gasteiger partial charge is 0.399 e. The summed E-state index contributed by atoms with van der Waals surface area (Å²) < 4.78 is 0. The van der Waals surface area contributed by atoms with E-state index >= 15 is 0 Å². The number of hydrogen-bond acceptors (Lipinski definition) is 4. The first kappa shape index (κ1) is 16.3. The number of nitrogen functional groups attached to an aromatic ring is 1. The van der Waals surface area contributed by atoms with Crippen LogP contribution in [0.4, 0.5) is 11.4 Å². The number of rotatable bonds is 6. The predicted octanol–water partition coefficient (Wildman–Crippen LogP) is 2.43. The van der Waals surface area contributed by atoms with Crippen molar-refractivity contribution in [3.8, 4) is 0 Å². The van der Waals surface area contributed by atoms with Crippen molar-refractivity contribution < 1.29 is 4.79 Å². The average molecular weight is 319 g/mol. The third-order valence-electron chi connectivity index (χ3n) is 3.21. The second-order valence-electron chi connectivity index (χ2n) is 5.13.